The number of phenols is 2. The number of esters is 1. The molecule has 3 heterocycles. The molecule has 2 aliphatic heterocycles. The highest BCUT2D eigenvalue weighted by Crippen LogP contribution is 2.55. The fourth-order valence-corrected chi connectivity index (χ4v) is 8.98. The number of aromatic hydroxyl groups is 2. The third kappa shape index (κ3) is 7.75. The van der Waals surface area contributed by atoms with Gasteiger partial charge in [0, 0.05) is 83.5 Å². The summed E-state index contributed by atoms with van der Waals surface area (Å²) in [5.41, 5.74) is 1.49. The molecule has 14 nitrogen and oxygen atoms in total. The summed E-state index contributed by atoms with van der Waals surface area (Å²) >= 11 is 0. The molecular weight excluding hydrogens is 797 g/mol. The molecule has 0 fully saturated rings. The van der Waals surface area contributed by atoms with E-state index in [1.54, 1.807) is 82.5 Å². The van der Waals surface area contributed by atoms with Crippen LogP contribution in [0.1, 0.15) is 87.4 Å². The lowest BCUT2D eigenvalue weighted by molar-refractivity contribution is -0.160. The average Bonchev–Trinajstić information content (AvgIpc) is 3.69. The number of nitrogens with zero attached hydrogens (tertiary/aromatic N) is 1. The number of methoxy groups -OCH3 is 1. The quantitative estimate of drug-likeness (QED) is 0.0770. The van der Waals surface area contributed by atoms with Crippen LogP contribution in [0.5, 0.6) is 17.2 Å². The number of hydrogen-bond acceptors (Lipinski definition) is 12. The Morgan fingerprint density at radius 2 is 1.53 bits per heavy atom. The van der Waals surface area contributed by atoms with Crippen LogP contribution in [-0.4, -0.2) is 85.7 Å². The number of amides is 1. The fraction of sp³-hybridized carbons (Fsp3) is 0.417. The van der Waals surface area contributed by atoms with Crippen molar-refractivity contribution in [3.63, 3.8) is 0 Å². The molecule has 3 aromatic carbocycles. The van der Waals surface area contributed by atoms with Gasteiger partial charge in [-0.3, -0.25) is 19.2 Å². The van der Waals surface area contributed by atoms with Crippen molar-refractivity contribution in [3.8, 4) is 22.9 Å². The van der Waals surface area contributed by atoms with Gasteiger partial charge in [0.15, 0.2) is 11.5 Å². The summed E-state index contributed by atoms with van der Waals surface area (Å²) in [7, 11) is 1.45. The Labute approximate surface area is 360 Å². The second-order valence-corrected chi connectivity index (χ2v) is 16.8. The molecule has 4 aromatic rings. The first kappa shape index (κ1) is 45.6. The zero-order valence-corrected chi connectivity index (χ0v) is 36.9. The summed E-state index contributed by atoms with van der Waals surface area (Å²) in [5.74, 6) is -7.90. The average molecular weight is 853 g/mol. The molecule has 14 heteroatoms. The Balaban J connectivity index is 1.66. The van der Waals surface area contributed by atoms with Gasteiger partial charge in [0.1, 0.15) is 17.6 Å². The number of hydrogen-bond donors (Lipinski definition) is 5. The maximum absolute atomic E-state index is 14.9. The summed E-state index contributed by atoms with van der Waals surface area (Å²) in [6.45, 7) is 15.8. The van der Waals surface area contributed by atoms with Gasteiger partial charge in [0.25, 0.3) is 11.7 Å². The van der Waals surface area contributed by atoms with E-state index < -0.39 is 88.8 Å². The van der Waals surface area contributed by atoms with Gasteiger partial charge in [-0.25, -0.2) is 0 Å². The number of benzene rings is 3. The van der Waals surface area contributed by atoms with E-state index >= 15 is 0 Å². The van der Waals surface area contributed by atoms with E-state index in [0.29, 0.717) is 11.4 Å². The summed E-state index contributed by atoms with van der Waals surface area (Å²) in [5, 5.41) is 50.1. The van der Waals surface area contributed by atoms with Crippen LogP contribution in [0.15, 0.2) is 66.5 Å². The highest BCUT2D eigenvalue weighted by Gasteiger charge is 2.50. The number of aliphatic hydroxyl groups is 2. The molecule has 330 valence electrons. The SMILES string of the molecule is COC1C=COC2(C)Oc3c(C)c(O)c4c(O)c(c5c(C(C)=O)c(C)n(-c6ccccc6)c5c4c3C2=O)NC(=O)C(C)=CC=CC(C)C(O)C(C)C(O)C(C)C(OC(C)=O)C1C. The van der Waals surface area contributed by atoms with Crippen molar-refractivity contribution in [2.75, 3.05) is 12.4 Å². The molecule has 5 N–H and O–H groups in total. The molecule has 62 heavy (non-hydrogen) atoms. The molecule has 0 spiro atoms. The van der Waals surface area contributed by atoms with Gasteiger partial charge in [0.05, 0.1) is 46.7 Å². The normalized spacial score (nSPS) is 27.3. The maximum atomic E-state index is 14.9. The lowest BCUT2D eigenvalue weighted by atomic mass is 9.78. The molecule has 0 radical (unpaired) electrons. The lowest BCUT2D eigenvalue weighted by Gasteiger charge is -2.38. The van der Waals surface area contributed by atoms with Crippen LogP contribution in [0.4, 0.5) is 5.69 Å². The number of carbonyl (C=O) groups is 4. The third-order valence-corrected chi connectivity index (χ3v) is 12.5. The fourth-order valence-electron chi connectivity index (χ4n) is 8.98. The number of rotatable bonds is 4. The van der Waals surface area contributed by atoms with Crippen LogP contribution in [0, 0.1) is 37.5 Å². The first-order chi connectivity index (χ1) is 29.2. The van der Waals surface area contributed by atoms with Gasteiger partial charge in [-0.1, -0.05) is 64.1 Å². The summed E-state index contributed by atoms with van der Waals surface area (Å²) < 4.78 is 25.8. The number of aliphatic hydroxyl groups excluding tert-OH is 2. The monoisotopic (exact) mass is 852 g/mol. The van der Waals surface area contributed by atoms with Crippen molar-refractivity contribution in [2.45, 2.75) is 99.4 Å². The Bertz CT molecular complexity index is 2550. The number of ether oxygens (including phenoxy) is 4. The van der Waals surface area contributed by atoms with Crippen LogP contribution < -0.4 is 10.1 Å². The Morgan fingerprint density at radius 1 is 0.871 bits per heavy atom. The topological polar surface area (TPSA) is 203 Å². The molecule has 0 saturated heterocycles. The summed E-state index contributed by atoms with van der Waals surface area (Å²) in [4.78, 5) is 55.1. The largest absolute Gasteiger partial charge is 0.507 e. The molecular formula is C48H56N2O12. The van der Waals surface area contributed by atoms with Crippen molar-refractivity contribution in [2.24, 2.45) is 23.7 Å². The number of fused-ring (bicyclic) bond motifs is 1. The zero-order chi connectivity index (χ0) is 45.7. The van der Waals surface area contributed by atoms with E-state index in [0.717, 1.165) is 0 Å². The van der Waals surface area contributed by atoms with Crippen LogP contribution in [0.25, 0.3) is 27.4 Å². The Hall–Kier alpha value is -5.96. The van der Waals surface area contributed by atoms with Crippen LogP contribution in [0.2, 0.25) is 0 Å². The molecule has 6 rings (SSSR count). The minimum Gasteiger partial charge on any atom is -0.507 e. The lowest BCUT2D eigenvalue weighted by Crippen LogP contribution is -2.46. The molecule has 1 amide bonds. The molecule has 1 aromatic heterocycles. The second-order valence-electron chi connectivity index (χ2n) is 16.8. The standard InChI is InChI=1S/C48H56N2O12/c1-22-16-15-17-23(2)47(58)49-38-35-33(29(8)51)28(7)50(31-18-13-12-14-19-31)39(35)34-36(43(38)56)42(55)27(6)45-37(34)46(57)48(10,62-45)60-21-20-32(59-11)24(3)44(61-30(9)52)26(5)41(54)25(4)40(22)53/h12-22,24-26,32,40-41,44,53-56H,1-11H3,(H,49,58). The predicted molar refractivity (Wildman–Crippen MR) is 234 cm³/mol. The van der Waals surface area contributed by atoms with Crippen molar-refractivity contribution < 1.29 is 58.6 Å². The number of phenolic OH excluding ortho intramolecular Hbond substituents is 2. The number of allylic oxidation sites excluding steroid dienone is 2. The highest BCUT2D eigenvalue weighted by atomic mass is 16.7. The first-order valence-electron chi connectivity index (χ1n) is 20.6. The molecule has 0 aliphatic carbocycles. The number of ketones is 2. The van der Waals surface area contributed by atoms with Gasteiger partial charge in [-0.05, 0) is 45.9 Å². The van der Waals surface area contributed by atoms with Crippen molar-refractivity contribution >= 4 is 50.8 Å². The van der Waals surface area contributed by atoms with E-state index in [9.17, 15) is 39.6 Å². The summed E-state index contributed by atoms with van der Waals surface area (Å²) in [6.07, 6.45) is 3.65. The van der Waals surface area contributed by atoms with E-state index in [-0.39, 0.29) is 55.4 Å². The van der Waals surface area contributed by atoms with Gasteiger partial charge in [-0.15, -0.1) is 0 Å². The number of nitrogens with one attached hydrogen (secondary N) is 1. The molecule has 9 atom stereocenters. The number of carbonyl (C=O) groups excluding carboxylic acids is 4. The number of para-hydroxylation sites is 1. The molecule has 4 bridgehead atoms. The van der Waals surface area contributed by atoms with Crippen LogP contribution in [0.3, 0.4) is 0 Å². The van der Waals surface area contributed by atoms with Crippen molar-refractivity contribution in [1.82, 2.24) is 4.57 Å². The van der Waals surface area contributed by atoms with Crippen molar-refractivity contribution in [1.29, 1.82) is 0 Å². The van der Waals surface area contributed by atoms with Crippen LogP contribution in [-0.2, 0) is 23.8 Å². The Morgan fingerprint density at radius 3 is 2.15 bits per heavy atom. The molecule has 9 unspecified atom stereocenters. The zero-order valence-electron chi connectivity index (χ0n) is 36.9. The minimum absolute atomic E-state index is 0.0211. The van der Waals surface area contributed by atoms with E-state index in [1.807, 2.05) is 6.07 Å². The Kier molecular flexibility index (Phi) is 12.8. The first-order valence-corrected chi connectivity index (χ1v) is 20.6. The van der Waals surface area contributed by atoms with Crippen LogP contribution >= 0.6 is 0 Å². The number of Topliss-reactive ketones (excluding diaryl/α,β-unsaturated/α-hetero) is 2. The summed E-state index contributed by atoms with van der Waals surface area (Å²) in [6, 6.07) is 9.02. The van der Waals surface area contributed by atoms with E-state index in [1.165, 1.54) is 53.2 Å². The minimum atomic E-state index is -2.03. The number of anilines is 1. The van der Waals surface area contributed by atoms with E-state index in [4.69, 9.17) is 18.9 Å². The second kappa shape index (κ2) is 17.4. The maximum Gasteiger partial charge on any atom is 0.312 e. The van der Waals surface area contributed by atoms with Gasteiger partial charge in [-0.2, -0.15) is 0 Å². The smallest absolute Gasteiger partial charge is 0.312 e. The molecule has 2 aliphatic rings. The molecule has 0 saturated carbocycles. The number of aromatic nitrogens is 1. The highest BCUT2D eigenvalue weighted by molar-refractivity contribution is 6.31. The third-order valence-electron chi connectivity index (χ3n) is 12.5. The van der Waals surface area contributed by atoms with E-state index in [2.05, 4.69) is 5.32 Å². The van der Waals surface area contributed by atoms with Gasteiger partial charge < -0.3 is 49.3 Å². The predicted octanol–water partition coefficient (Wildman–Crippen LogP) is 7.50. The van der Waals surface area contributed by atoms with Crippen molar-refractivity contribution in [3.05, 3.63) is 88.9 Å². The van der Waals surface area contributed by atoms with Gasteiger partial charge >= 0.3 is 11.8 Å². The van der Waals surface area contributed by atoms with Gasteiger partial charge in [0.2, 0.25) is 0 Å².